The highest BCUT2D eigenvalue weighted by Crippen LogP contribution is 2.04. The third-order valence-corrected chi connectivity index (χ3v) is 2.24. The molecule has 0 heterocycles. The molecule has 0 amide bonds. The van der Waals surface area contributed by atoms with Crippen LogP contribution in [-0.4, -0.2) is 16.5 Å². The number of rotatable bonds is 3. The fraction of sp³-hybridized carbons (Fsp3) is 0.333. The van der Waals surface area contributed by atoms with Crippen LogP contribution in [0.1, 0.15) is 5.56 Å². The van der Waals surface area contributed by atoms with Gasteiger partial charge in [-0.3, -0.25) is 0 Å². The number of aliphatic hydroxyl groups excluding tert-OH is 1. The van der Waals surface area contributed by atoms with E-state index in [1.165, 1.54) is 5.56 Å². The topological polar surface area (TPSA) is 20.2 Å². The fourth-order valence-electron chi connectivity index (χ4n) is 0.941. The van der Waals surface area contributed by atoms with E-state index in [0.29, 0.717) is 5.33 Å². The van der Waals surface area contributed by atoms with E-state index in [1.54, 1.807) is 0 Å². The summed E-state index contributed by atoms with van der Waals surface area (Å²) in [6.45, 7) is 0. The van der Waals surface area contributed by atoms with Gasteiger partial charge in [-0.2, -0.15) is 0 Å². The van der Waals surface area contributed by atoms with Crippen LogP contribution in [0.3, 0.4) is 0 Å². The second-order valence-corrected chi connectivity index (χ2v) is 3.15. The Kier molecular flexibility index (Phi) is 3.60. The molecular formula is C9H11BrO. The minimum Gasteiger partial charge on any atom is -0.392 e. The largest absolute Gasteiger partial charge is 0.392 e. The predicted octanol–water partition coefficient (Wildman–Crippen LogP) is 1.98. The molecule has 0 radical (unpaired) electrons. The molecule has 1 N–H and O–H groups in total. The average Bonchev–Trinajstić information content (AvgIpc) is 2.06. The van der Waals surface area contributed by atoms with Crippen LogP contribution in [0, 0.1) is 0 Å². The van der Waals surface area contributed by atoms with Crippen LogP contribution >= 0.6 is 15.9 Å². The number of halogens is 1. The van der Waals surface area contributed by atoms with Crippen molar-refractivity contribution in [3.63, 3.8) is 0 Å². The van der Waals surface area contributed by atoms with Crippen molar-refractivity contribution in [2.75, 3.05) is 5.33 Å². The summed E-state index contributed by atoms with van der Waals surface area (Å²) in [4.78, 5) is 0. The molecule has 1 rings (SSSR count). The van der Waals surface area contributed by atoms with Crippen LogP contribution in [-0.2, 0) is 6.42 Å². The first-order valence-corrected chi connectivity index (χ1v) is 4.73. The number of hydrogen-bond acceptors (Lipinski definition) is 1. The molecule has 11 heavy (non-hydrogen) atoms. The van der Waals surface area contributed by atoms with Gasteiger partial charge in [-0.25, -0.2) is 0 Å². The quantitative estimate of drug-likeness (QED) is 0.764. The lowest BCUT2D eigenvalue weighted by atomic mass is 10.1. The molecule has 1 aromatic rings. The molecule has 1 atom stereocenters. The van der Waals surface area contributed by atoms with Gasteiger partial charge in [0.15, 0.2) is 0 Å². The molecule has 0 aliphatic heterocycles. The van der Waals surface area contributed by atoms with Crippen molar-refractivity contribution in [1.82, 2.24) is 0 Å². The molecule has 0 fully saturated rings. The Hall–Kier alpha value is -0.340. The summed E-state index contributed by atoms with van der Waals surface area (Å²) in [7, 11) is 0. The summed E-state index contributed by atoms with van der Waals surface area (Å²) in [6.07, 6.45) is 0.462. The van der Waals surface area contributed by atoms with Crippen LogP contribution in [0.15, 0.2) is 30.3 Å². The zero-order chi connectivity index (χ0) is 8.10. The monoisotopic (exact) mass is 214 g/mol. The van der Waals surface area contributed by atoms with Crippen molar-refractivity contribution in [3.8, 4) is 0 Å². The van der Waals surface area contributed by atoms with Crippen molar-refractivity contribution in [2.45, 2.75) is 12.5 Å². The number of alkyl halides is 1. The van der Waals surface area contributed by atoms with Crippen molar-refractivity contribution in [3.05, 3.63) is 35.9 Å². The van der Waals surface area contributed by atoms with Gasteiger partial charge >= 0.3 is 0 Å². The van der Waals surface area contributed by atoms with E-state index in [2.05, 4.69) is 15.9 Å². The molecule has 0 unspecified atom stereocenters. The number of benzene rings is 1. The smallest absolute Gasteiger partial charge is 0.0677 e. The summed E-state index contributed by atoms with van der Waals surface area (Å²) in [5.74, 6) is 0. The van der Waals surface area contributed by atoms with Crippen molar-refractivity contribution in [1.29, 1.82) is 0 Å². The molecule has 0 spiro atoms. The standard InChI is InChI=1S/C9H11BrO/c10-7-9(11)6-8-4-2-1-3-5-8/h1-5,9,11H,6-7H2/t9-/m0/s1. The van der Waals surface area contributed by atoms with Gasteiger partial charge < -0.3 is 5.11 Å². The van der Waals surface area contributed by atoms with E-state index in [1.807, 2.05) is 30.3 Å². The minimum absolute atomic E-state index is 0.266. The lowest BCUT2D eigenvalue weighted by molar-refractivity contribution is 0.201. The van der Waals surface area contributed by atoms with Crippen molar-refractivity contribution >= 4 is 15.9 Å². The molecule has 0 saturated carbocycles. The van der Waals surface area contributed by atoms with E-state index in [-0.39, 0.29) is 6.10 Å². The molecule has 0 aliphatic rings. The van der Waals surface area contributed by atoms with E-state index >= 15 is 0 Å². The van der Waals surface area contributed by atoms with Gasteiger partial charge in [0.1, 0.15) is 0 Å². The van der Waals surface area contributed by atoms with Gasteiger partial charge in [-0.1, -0.05) is 46.3 Å². The molecule has 2 heteroatoms. The lowest BCUT2D eigenvalue weighted by Gasteiger charge is -2.05. The Morgan fingerprint density at radius 3 is 2.45 bits per heavy atom. The Labute approximate surface area is 75.2 Å². The van der Waals surface area contributed by atoms with Gasteiger partial charge in [-0.05, 0) is 12.0 Å². The third kappa shape index (κ3) is 3.04. The summed E-state index contributed by atoms with van der Waals surface area (Å²) in [6, 6.07) is 9.98. The Morgan fingerprint density at radius 1 is 1.27 bits per heavy atom. The highest BCUT2D eigenvalue weighted by molar-refractivity contribution is 9.09. The first kappa shape index (κ1) is 8.75. The Morgan fingerprint density at radius 2 is 1.91 bits per heavy atom. The molecule has 1 aromatic carbocycles. The maximum absolute atomic E-state index is 9.26. The maximum Gasteiger partial charge on any atom is 0.0677 e. The molecule has 1 nitrogen and oxygen atoms in total. The minimum atomic E-state index is -0.266. The number of hydrogen-bond donors (Lipinski definition) is 1. The predicted molar refractivity (Wildman–Crippen MR) is 49.9 cm³/mol. The highest BCUT2D eigenvalue weighted by Gasteiger charge is 2.01. The molecule has 0 aromatic heterocycles. The van der Waals surface area contributed by atoms with Crippen LogP contribution in [0.2, 0.25) is 0 Å². The lowest BCUT2D eigenvalue weighted by Crippen LogP contribution is -2.11. The summed E-state index contributed by atoms with van der Waals surface area (Å²) in [5.41, 5.74) is 1.18. The fourth-order valence-corrected chi connectivity index (χ4v) is 1.17. The van der Waals surface area contributed by atoms with Crippen molar-refractivity contribution in [2.24, 2.45) is 0 Å². The van der Waals surface area contributed by atoms with E-state index < -0.39 is 0 Å². The van der Waals surface area contributed by atoms with Crippen LogP contribution in [0.25, 0.3) is 0 Å². The van der Waals surface area contributed by atoms with Gasteiger partial charge in [0.2, 0.25) is 0 Å². The van der Waals surface area contributed by atoms with Crippen LogP contribution in [0.4, 0.5) is 0 Å². The SMILES string of the molecule is O[C@H](CBr)Cc1ccccc1. The second kappa shape index (κ2) is 4.52. The number of aliphatic hydroxyl groups is 1. The van der Waals surface area contributed by atoms with Gasteiger partial charge in [0, 0.05) is 5.33 Å². The molecule has 0 saturated heterocycles. The van der Waals surface area contributed by atoms with E-state index in [9.17, 15) is 5.11 Å². The summed E-state index contributed by atoms with van der Waals surface area (Å²) < 4.78 is 0. The first-order valence-electron chi connectivity index (χ1n) is 3.61. The normalized spacial score (nSPS) is 12.9. The van der Waals surface area contributed by atoms with Gasteiger partial charge in [0.05, 0.1) is 6.10 Å². The molecule has 0 aliphatic carbocycles. The molecule has 60 valence electrons. The first-order chi connectivity index (χ1) is 5.33. The van der Waals surface area contributed by atoms with Crippen LogP contribution < -0.4 is 0 Å². The molecular weight excluding hydrogens is 204 g/mol. The van der Waals surface area contributed by atoms with Gasteiger partial charge in [-0.15, -0.1) is 0 Å². The zero-order valence-electron chi connectivity index (χ0n) is 6.20. The van der Waals surface area contributed by atoms with E-state index in [4.69, 9.17) is 0 Å². The Balaban J connectivity index is 2.51. The van der Waals surface area contributed by atoms with Crippen LogP contribution in [0.5, 0.6) is 0 Å². The summed E-state index contributed by atoms with van der Waals surface area (Å²) >= 11 is 3.22. The van der Waals surface area contributed by atoms with Gasteiger partial charge in [0.25, 0.3) is 0 Å². The zero-order valence-corrected chi connectivity index (χ0v) is 7.79. The van der Waals surface area contributed by atoms with E-state index in [0.717, 1.165) is 6.42 Å². The average molecular weight is 215 g/mol. The Bertz CT molecular complexity index is 198. The highest BCUT2D eigenvalue weighted by atomic mass is 79.9. The van der Waals surface area contributed by atoms with Crippen molar-refractivity contribution < 1.29 is 5.11 Å². The maximum atomic E-state index is 9.26. The third-order valence-electron chi connectivity index (χ3n) is 1.49. The summed E-state index contributed by atoms with van der Waals surface area (Å²) in [5, 5.41) is 9.91. The molecule has 0 bridgehead atoms. The second-order valence-electron chi connectivity index (χ2n) is 2.50.